The molecule has 2 aromatic rings. The lowest BCUT2D eigenvalue weighted by atomic mass is 9.98. The Hall–Kier alpha value is -1.88. The molecule has 0 aromatic heterocycles. The van der Waals surface area contributed by atoms with Gasteiger partial charge in [-0.1, -0.05) is 36.4 Å². The Morgan fingerprint density at radius 2 is 1.67 bits per heavy atom. The van der Waals surface area contributed by atoms with Gasteiger partial charge in [0.05, 0.1) is 5.56 Å². The monoisotopic (exact) mass is 297 g/mol. The van der Waals surface area contributed by atoms with E-state index >= 15 is 0 Å². The Morgan fingerprint density at radius 1 is 1.00 bits per heavy atom. The first-order valence-electron chi connectivity index (χ1n) is 6.54. The third kappa shape index (κ3) is 4.04. The van der Waals surface area contributed by atoms with Crippen LogP contribution >= 0.6 is 0 Å². The third-order valence-electron chi connectivity index (χ3n) is 3.31. The van der Waals surface area contributed by atoms with E-state index in [2.05, 4.69) is 0 Å². The smallest absolute Gasteiger partial charge is 0.324 e. The minimum atomic E-state index is -4.68. The first-order chi connectivity index (χ1) is 9.88. The number of halogens is 4. The van der Waals surface area contributed by atoms with Gasteiger partial charge < -0.3 is 5.73 Å². The van der Waals surface area contributed by atoms with Crippen molar-refractivity contribution in [3.63, 3.8) is 0 Å². The summed E-state index contributed by atoms with van der Waals surface area (Å²) in [6.45, 7) is 0. The molecule has 21 heavy (non-hydrogen) atoms. The highest BCUT2D eigenvalue weighted by Crippen LogP contribution is 2.32. The van der Waals surface area contributed by atoms with Crippen LogP contribution in [-0.2, 0) is 12.6 Å². The maximum absolute atomic E-state index is 13.5. The maximum atomic E-state index is 13.5. The molecule has 5 heteroatoms. The summed E-state index contributed by atoms with van der Waals surface area (Å²) >= 11 is 0. The summed E-state index contributed by atoms with van der Waals surface area (Å²) < 4.78 is 50.9. The van der Waals surface area contributed by atoms with E-state index < -0.39 is 23.6 Å². The van der Waals surface area contributed by atoms with Gasteiger partial charge in [-0.3, -0.25) is 0 Å². The van der Waals surface area contributed by atoms with E-state index in [1.54, 1.807) is 0 Å². The van der Waals surface area contributed by atoms with Gasteiger partial charge in [-0.2, -0.15) is 13.2 Å². The maximum Gasteiger partial charge on any atom is 0.419 e. The lowest BCUT2D eigenvalue weighted by Gasteiger charge is -2.14. The average Bonchev–Trinajstić information content (AvgIpc) is 2.44. The third-order valence-corrected chi connectivity index (χ3v) is 3.31. The molecule has 1 atom stereocenters. The zero-order valence-corrected chi connectivity index (χ0v) is 11.2. The summed E-state index contributed by atoms with van der Waals surface area (Å²) in [6, 6.07) is 11.9. The molecular formula is C16H15F4N. The summed E-state index contributed by atoms with van der Waals surface area (Å²) in [5.41, 5.74) is 6.12. The SMILES string of the molecule is NC(CCc1ccccc1)c1ccc(C(F)(F)F)c(F)c1. The van der Waals surface area contributed by atoms with Crippen LogP contribution in [0.25, 0.3) is 0 Å². The first kappa shape index (κ1) is 15.5. The van der Waals surface area contributed by atoms with Crippen LogP contribution in [0.15, 0.2) is 48.5 Å². The van der Waals surface area contributed by atoms with Crippen molar-refractivity contribution in [2.45, 2.75) is 25.1 Å². The molecule has 0 heterocycles. The zero-order chi connectivity index (χ0) is 15.5. The van der Waals surface area contributed by atoms with Crippen LogP contribution < -0.4 is 5.73 Å². The molecule has 0 aliphatic heterocycles. The fourth-order valence-corrected chi connectivity index (χ4v) is 2.13. The summed E-state index contributed by atoms with van der Waals surface area (Å²) in [4.78, 5) is 0. The van der Waals surface area contributed by atoms with Crippen LogP contribution in [-0.4, -0.2) is 0 Å². The van der Waals surface area contributed by atoms with Crippen LogP contribution in [0.1, 0.15) is 29.2 Å². The summed E-state index contributed by atoms with van der Waals surface area (Å²) in [6.07, 6.45) is -3.46. The van der Waals surface area contributed by atoms with E-state index in [0.29, 0.717) is 18.4 Å². The van der Waals surface area contributed by atoms with E-state index in [-0.39, 0.29) is 0 Å². The number of nitrogens with two attached hydrogens (primary N) is 1. The van der Waals surface area contributed by atoms with Crippen LogP contribution in [0, 0.1) is 5.82 Å². The van der Waals surface area contributed by atoms with Gasteiger partial charge in [-0.25, -0.2) is 4.39 Å². The highest BCUT2D eigenvalue weighted by atomic mass is 19.4. The lowest BCUT2D eigenvalue weighted by Crippen LogP contribution is -2.14. The lowest BCUT2D eigenvalue weighted by molar-refractivity contribution is -0.140. The molecule has 1 unspecified atom stereocenters. The van der Waals surface area contributed by atoms with Crippen LogP contribution in [0.3, 0.4) is 0 Å². The highest BCUT2D eigenvalue weighted by molar-refractivity contribution is 5.28. The van der Waals surface area contributed by atoms with Gasteiger partial charge in [-0.15, -0.1) is 0 Å². The molecule has 2 aromatic carbocycles. The summed E-state index contributed by atoms with van der Waals surface area (Å²) in [7, 11) is 0. The number of hydrogen-bond donors (Lipinski definition) is 1. The largest absolute Gasteiger partial charge is 0.419 e. The van der Waals surface area contributed by atoms with E-state index in [1.807, 2.05) is 30.3 Å². The average molecular weight is 297 g/mol. The van der Waals surface area contributed by atoms with Crippen molar-refractivity contribution in [3.05, 3.63) is 71.0 Å². The molecule has 0 aliphatic carbocycles. The van der Waals surface area contributed by atoms with Gasteiger partial charge in [0.1, 0.15) is 5.82 Å². The summed E-state index contributed by atoms with van der Waals surface area (Å²) in [5, 5.41) is 0. The number of alkyl halides is 3. The fourth-order valence-electron chi connectivity index (χ4n) is 2.13. The summed E-state index contributed by atoms with van der Waals surface area (Å²) in [5.74, 6) is -1.28. The van der Waals surface area contributed by atoms with Crippen LogP contribution in [0.2, 0.25) is 0 Å². The van der Waals surface area contributed by atoms with Crippen molar-refractivity contribution in [1.29, 1.82) is 0 Å². The second kappa shape index (κ2) is 6.26. The van der Waals surface area contributed by atoms with E-state index in [1.165, 1.54) is 6.07 Å². The van der Waals surface area contributed by atoms with E-state index in [9.17, 15) is 17.6 Å². The molecule has 0 saturated carbocycles. The predicted octanol–water partition coefficient (Wildman–Crippen LogP) is 4.48. The van der Waals surface area contributed by atoms with Crippen molar-refractivity contribution in [3.8, 4) is 0 Å². The Labute approximate surface area is 120 Å². The number of benzene rings is 2. The normalized spacial score (nSPS) is 13.2. The minimum absolute atomic E-state index is 0.372. The molecule has 2 N–H and O–H groups in total. The van der Waals surface area contributed by atoms with E-state index in [0.717, 1.165) is 17.7 Å². The minimum Gasteiger partial charge on any atom is -0.324 e. The van der Waals surface area contributed by atoms with Gasteiger partial charge in [0.25, 0.3) is 0 Å². The zero-order valence-electron chi connectivity index (χ0n) is 11.2. The molecule has 0 bridgehead atoms. The van der Waals surface area contributed by atoms with Crippen LogP contribution in [0.5, 0.6) is 0 Å². The molecule has 0 fully saturated rings. The second-order valence-electron chi connectivity index (χ2n) is 4.87. The molecule has 0 saturated heterocycles. The topological polar surface area (TPSA) is 26.0 Å². The van der Waals surface area contributed by atoms with Gasteiger partial charge in [0.2, 0.25) is 0 Å². The van der Waals surface area contributed by atoms with Crippen molar-refractivity contribution in [2.75, 3.05) is 0 Å². The van der Waals surface area contributed by atoms with Gasteiger partial charge in [0, 0.05) is 6.04 Å². The first-order valence-corrected chi connectivity index (χ1v) is 6.54. The fraction of sp³-hybridized carbons (Fsp3) is 0.250. The Balaban J connectivity index is 2.06. The molecule has 2 rings (SSSR count). The van der Waals surface area contributed by atoms with Crippen molar-refractivity contribution in [1.82, 2.24) is 0 Å². The predicted molar refractivity (Wildman–Crippen MR) is 73.1 cm³/mol. The molecule has 112 valence electrons. The Bertz CT molecular complexity index is 593. The van der Waals surface area contributed by atoms with Crippen molar-refractivity contribution < 1.29 is 17.6 Å². The standard InChI is InChI=1S/C16H15F4N/c17-14-10-12(7-8-13(14)16(18,19)20)15(21)9-6-11-4-2-1-3-5-11/h1-5,7-8,10,15H,6,9,21H2. The Kier molecular flexibility index (Phi) is 4.63. The van der Waals surface area contributed by atoms with Gasteiger partial charge in [0.15, 0.2) is 0 Å². The Morgan fingerprint density at radius 3 is 2.24 bits per heavy atom. The quantitative estimate of drug-likeness (QED) is 0.827. The highest BCUT2D eigenvalue weighted by Gasteiger charge is 2.34. The van der Waals surface area contributed by atoms with Gasteiger partial charge in [-0.05, 0) is 36.1 Å². The molecule has 1 nitrogen and oxygen atoms in total. The number of hydrogen-bond acceptors (Lipinski definition) is 1. The molecule has 0 spiro atoms. The molecule has 0 radical (unpaired) electrons. The molecule has 0 amide bonds. The van der Waals surface area contributed by atoms with Crippen molar-refractivity contribution in [2.24, 2.45) is 5.73 Å². The second-order valence-corrected chi connectivity index (χ2v) is 4.87. The molecular weight excluding hydrogens is 282 g/mol. The van der Waals surface area contributed by atoms with Crippen molar-refractivity contribution >= 4 is 0 Å². The number of rotatable bonds is 4. The number of aryl methyl sites for hydroxylation is 1. The van der Waals surface area contributed by atoms with Gasteiger partial charge >= 0.3 is 6.18 Å². The van der Waals surface area contributed by atoms with Crippen LogP contribution in [0.4, 0.5) is 17.6 Å². The molecule has 0 aliphatic rings. The van der Waals surface area contributed by atoms with E-state index in [4.69, 9.17) is 5.73 Å².